The smallest absolute Gasteiger partial charge is 0.310 e. The van der Waals surface area contributed by atoms with E-state index in [9.17, 15) is 4.79 Å². The van der Waals surface area contributed by atoms with Crippen LogP contribution in [0.25, 0.3) is 10.2 Å². The Morgan fingerprint density at radius 3 is 2.71 bits per heavy atom. The highest BCUT2D eigenvalue weighted by Crippen LogP contribution is 2.31. The molecule has 0 amide bonds. The summed E-state index contributed by atoms with van der Waals surface area (Å²) in [7, 11) is 0. The molecule has 0 N–H and O–H groups in total. The summed E-state index contributed by atoms with van der Waals surface area (Å²) < 4.78 is 6.69. The molecule has 122 valence electrons. The van der Waals surface area contributed by atoms with Gasteiger partial charge in [0.05, 0.1) is 29.7 Å². The van der Waals surface area contributed by atoms with Gasteiger partial charge in [0.15, 0.2) is 5.13 Å². The number of hydrogen-bond donors (Lipinski definition) is 0. The second-order valence-electron chi connectivity index (χ2n) is 5.78. The predicted octanol–water partition coefficient (Wildman–Crippen LogP) is 3.92. The number of nitrogens with zero attached hydrogens (tertiary/aromatic N) is 2. The number of hydrogen-bond acceptors (Lipinski definition) is 5. The first kappa shape index (κ1) is 15.4. The topological polar surface area (TPSA) is 42.4 Å². The molecule has 0 aliphatic carbocycles. The largest absolute Gasteiger partial charge is 0.458 e. The Balaban J connectivity index is 1.31. The van der Waals surface area contributed by atoms with Crippen LogP contribution >= 0.6 is 22.9 Å². The number of benzene rings is 2. The highest BCUT2D eigenvalue weighted by Gasteiger charge is 2.32. The van der Waals surface area contributed by atoms with Crippen molar-refractivity contribution in [3.05, 3.63) is 59.1 Å². The van der Waals surface area contributed by atoms with Crippen LogP contribution < -0.4 is 4.90 Å². The van der Waals surface area contributed by atoms with Crippen LogP contribution in [-0.4, -0.2) is 30.1 Å². The Morgan fingerprint density at radius 1 is 1.21 bits per heavy atom. The van der Waals surface area contributed by atoms with Crippen LogP contribution in [0.1, 0.15) is 5.56 Å². The van der Waals surface area contributed by atoms with E-state index in [0.717, 1.165) is 16.2 Å². The summed E-state index contributed by atoms with van der Waals surface area (Å²) >= 11 is 7.51. The maximum absolute atomic E-state index is 12.0. The summed E-state index contributed by atoms with van der Waals surface area (Å²) in [6, 6.07) is 15.3. The van der Waals surface area contributed by atoms with E-state index in [1.807, 2.05) is 30.3 Å². The molecule has 0 atom stereocenters. The number of esters is 1. The number of thiazole rings is 1. The van der Waals surface area contributed by atoms with Gasteiger partial charge in [-0.05, 0) is 29.8 Å². The average molecular weight is 359 g/mol. The molecule has 0 radical (unpaired) electrons. The molecule has 24 heavy (non-hydrogen) atoms. The van der Waals surface area contributed by atoms with Gasteiger partial charge < -0.3 is 9.64 Å². The van der Waals surface area contributed by atoms with Gasteiger partial charge in [0.1, 0.15) is 6.10 Å². The third kappa shape index (κ3) is 3.23. The van der Waals surface area contributed by atoms with Crippen LogP contribution in [0.3, 0.4) is 0 Å². The first-order chi connectivity index (χ1) is 11.7. The normalized spacial score (nSPS) is 14.6. The number of anilines is 1. The van der Waals surface area contributed by atoms with E-state index in [0.29, 0.717) is 18.1 Å². The summed E-state index contributed by atoms with van der Waals surface area (Å²) in [6.45, 7) is 1.40. The molecule has 1 aromatic heterocycles. The molecule has 1 aliphatic rings. The van der Waals surface area contributed by atoms with Crippen molar-refractivity contribution in [2.24, 2.45) is 0 Å². The SMILES string of the molecule is O=C(Cc1ccc(Cl)cc1)OC1CN(c2nc3ccccc3s2)C1. The van der Waals surface area contributed by atoms with E-state index in [-0.39, 0.29) is 18.5 Å². The lowest BCUT2D eigenvalue weighted by molar-refractivity contribution is -0.149. The highest BCUT2D eigenvalue weighted by molar-refractivity contribution is 7.22. The van der Waals surface area contributed by atoms with Gasteiger partial charge >= 0.3 is 5.97 Å². The van der Waals surface area contributed by atoms with E-state index >= 15 is 0 Å². The van der Waals surface area contributed by atoms with Crippen molar-refractivity contribution in [2.75, 3.05) is 18.0 Å². The number of rotatable bonds is 4. The minimum absolute atomic E-state index is 0.0585. The van der Waals surface area contributed by atoms with Gasteiger partial charge in [0, 0.05) is 5.02 Å². The highest BCUT2D eigenvalue weighted by atomic mass is 35.5. The fourth-order valence-corrected chi connectivity index (χ4v) is 3.77. The van der Waals surface area contributed by atoms with E-state index in [1.165, 1.54) is 4.70 Å². The molecule has 2 heterocycles. The molecule has 4 rings (SSSR count). The maximum atomic E-state index is 12.0. The monoisotopic (exact) mass is 358 g/mol. The second-order valence-corrected chi connectivity index (χ2v) is 7.23. The van der Waals surface area contributed by atoms with Crippen molar-refractivity contribution >= 4 is 44.3 Å². The van der Waals surface area contributed by atoms with Crippen LogP contribution in [0.4, 0.5) is 5.13 Å². The number of carbonyl (C=O) groups is 1. The molecule has 4 nitrogen and oxygen atoms in total. The molecular formula is C18H15ClN2O2S. The molecule has 6 heteroatoms. The Bertz CT molecular complexity index is 839. The van der Waals surface area contributed by atoms with E-state index < -0.39 is 0 Å². The standard InChI is InChI=1S/C18H15ClN2O2S/c19-13-7-5-12(6-8-13)9-17(22)23-14-10-21(11-14)18-20-15-3-1-2-4-16(15)24-18/h1-8,14H,9-11H2. The molecular weight excluding hydrogens is 344 g/mol. The van der Waals surface area contributed by atoms with Gasteiger partial charge in [-0.1, -0.05) is 47.2 Å². The van der Waals surface area contributed by atoms with Crippen LogP contribution in [0.2, 0.25) is 5.02 Å². The van der Waals surface area contributed by atoms with Gasteiger partial charge in [0.2, 0.25) is 0 Å². The van der Waals surface area contributed by atoms with Crippen LogP contribution in [0.15, 0.2) is 48.5 Å². The molecule has 1 saturated heterocycles. The molecule has 0 bridgehead atoms. The van der Waals surface area contributed by atoms with Gasteiger partial charge in [0.25, 0.3) is 0 Å². The average Bonchev–Trinajstić information content (AvgIpc) is 2.96. The summed E-state index contributed by atoms with van der Waals surface area (Å²) in [5.41, 5.74) is 1.92. The second kappa shape index (κ2) is 6.42. The molecule has 3 aromatic rings. The third-order valence-corrected chi connectivity index (χ3v) is 5.31. The quantitative estimate of drug-likeness (QED) is 0.663. The van der Waals surface area contributed by atoms with Gasteiger partial charge in [-0.25, -0.2) is 4.98 Å². The fourth-order valence-electron chi connectivity index (χ4n) is 2.66. The van der Waals surface area contributed by atoms with Crippen molar-refractivity contribution in [3.8, 4) is 0 Å². The summed E-state index contributed by atoms with van der Waals surface area (Å²) in [4.78, 5) is 18.8. The number of halogens is 1. The molecule has 0 unspecified atom stereocenters. The van der Waals surface area contributed by atoms with E-state index in [1.54, 1.807) is 23.5 Å². The van der Waals surface area contributed by atoms with Crippen molar-refractivity contribution in [1.29, 1.82) is 0 Å². The third-order valence-electron chi connectivity index (χ3n) is 3.96. The maximum Gasteiger partial charge on any atom is 0.310 e. The minimum atomic E-state index is -0.203. The Kier molecular flexibility index (Phi) is 4.12. The first-order valence-electron chi connectivity index (χ1n) is 7.72. The number of fused-ring (bicyclic) bond motifs is 1. The number of para-hydroxylation sites is 1. The van der Waals surface area contributed by atoms with Gasteiger partial charge in [-0.15, -0.1) is 0 Å². The number of aromatic nitrogens is 1. The first-order valence-corrected chi connectivity index (χ1v) is 8.91. The zero-order valence-corrected chi connectivity index (χ0v) is 14.4. The summed E-state index contributed by atoms with van der Waals surface area (Å²) in [5.74, 6) is -0.203. The molecule has 0 spiro atoms. The molecule has 1 fully saturated rings. The molecule has 1 aliphatic heterocycles. The lowest BCUT2D eigenvalue weighted by Gasteiger charge is -2.38. The van der Waals surface area contributed by atoms with Gasteiger partial charge in [-0.3, -0.25) is 4.79 Å². The molecule has 0 saturated carbocycles. The van der Waals surface area contributed by atoms with E-state index in [4.69, 9.17) is 16.3 Å². The minimum Gasteiger partial charge on any atom is -0.458 e. The Labute approximate surface area is 148 Å². The number of carbonyl (C=O) groups excluding carboxylic acids is 1. The van der Waals surface area contributed by atoms with Crippen molar-refractivity contribution in [3.63, 3.8) is 0 Å². The van der Waals surface area contributed by atoms with E-state index in [2.05, 4.69) is 16.0 Å². The van der Waals surface area contributed by atoms with Crippen molar-refractivity contribution in [1.82, 2.24) is 4.98 Å². The summed E-state index contributed by atoms with van der Waals surface area (Å²) in [6.07, 6.45) is 0.214. The predicted molar refractivity (Wildman–Crippen MR) is 96.9 cm³/mol. The van der Waals surface area contributed by atoms with Crippen LogP contribution in [0.5, 0.6) is 0 Å². The Hall–Kier alpha value is -2.11. The summed E-state index contributed by atoms with van der Waals surface area (Å²) in [5, 5.41) is 1.65. The van der Waals surface area contributed by atoms with Crippen molar-refractivity contribution in [2.45, 2.75) is 12.5 Å². The zero-order valence-electron chi connectivity index (χ0n) is 12.8. The molecule has 2 aromatic carbocycles. The Morgan fingerprint density at radius 2 is 1.96 bits per heavy atom. The lowest BCUT2D eigenvalue weighted by atomic mass is 10.1. The lowest BCUT2D eigenvalue weighted by Crippen LogP contribution is -2.53. The van der Waals surface area contributed by atoms with Crippen LogP contribution in [-0.2, 0) is 16.0 Å². The fraction of sp³-hybridized carbons (Fsp3) is 0.222. The van der Waals surface area contributed by atoms with Crippen molar-refractivity contribution < 1.29 is 9.53 Å². The zero-order chi connectivity index (χ0) is 16.5. The van der Waals surface area contributed by atoms with Gasteiger partial charge in [-0.2, -0.15) is 0 Å². The van der Waals surface area contributed by atoms with Crippen LogP contribution in [0, 0.1) is 0 Å². The number of ether oxygens (including phenoxy) is 1.